The summed E-state index contributed by atoms with van der Waals surface area (Å²) in [4.78, 5) is 27.3. The van der Waals surface area contributed by atoms with Gasteiger partial charge in [0.25, 0.3) is 5.91 Å². The van der Waals surface area contributed by atoms with E-state index in [2.05, 4.69) is 52.1 Å². The molecule has 0 aliphatic heterocycles. The molecule has 2 heterocycles. The molecule has 1 N–H and O–H groups in total. The second-order valence-corrected chi connectivity index (χ2v) is 10.3. The molecule has 0 bridgehead atoms. The van der Waals surface area contributed by atoms with Gasteiger partial charge in [-0.1, -0.05) is 17.7 Å². The molecule has 0 unspecified atom stereocenters. The molecule has 2 aromatic heterocycles. The van der Waals surface area contributed by atoms with Gasteiger partial charge in [0.2, 0.25) is 0 Å². The number of aryl methyl sites for hydroxylation is 2. The Balaban J connectivity index is 1.26. The highest BCUT2D eigenvalue weighted by atomic mass is 79.9. The second-order valence-electron chi connectivity index (χ2n) is 8.61. The van der Waals surface area contributed by atoms with Crippen molar-refractivity contribution >= 4 is 54.7 Å². The predicted molar refractivity (Wildman–Crippen MR) is 149 cm³/mol. The Labute approximate surface area is 227 Å². The maximum Gasteiger partial charge on any atom is 0.253 e. The summed E-state index contributed by atoms with van der Waals surface area (Å²) in [6.45, 7) is 3.85. The van der Waals surface area contributed by atoms with E-state index in [1.165, 1.54) is 6.33 Å². The number of ether oxygens (including phenoxy) is 1. The molecule has 0 saturated heterocycles. The highest BCUT2D eigenvalue weighted by molar-refractivity contribution is 9.11. The Kier molecular flexibility index (Phi) is 8.58. The van der Waals surface area contributed by atoms with Crippen LogP contribution in [-0.4, -0.2) is 57.1 Å². The van der Waals surface area contributed by atoms with Gasteiger partial charge in [0.05, 0.1) is 21.9 Å². The van der Waals surface area contributed by atoms with E-state index in [4.69, 9.17) is 4.74 Å². The van der Waals surface area contributed by atoms with Gasteiger partial charge in [-0.05, 0) is 81.5 Å². The van der Waals surface area contributed by atoms with E-state index >= 15 is 0 Å². The van der Waals surface area contributed by atoms with E-state index in [1.807, 2.05) is 62.0 Å². The third-order valence-corrected chi connectivity index (χ3v) is 6.97. The molecule has 36 heavy (non-hydrogen) atoms. The maximum atomic E-state index is 12.7. The number of imidazole rings is 1. The number of amides is 1. The second kappa shape index (κ2) is 11.8. The zero-order chi connectivity index (χ0) is 25.7. The van der Waals surface area contributed by atoms with Crippen LogP contribution in [0.5, 0.6) is 5.75 Å². The molecule has 0 aliphatic rings. The zero-order valence-electron chi connectivity index (χ0n) is 20.5. The van der Waals surface area contributed by atoms with Crippen molar-refractivity contribution in [2.45, 2.75) is 19.8 Å². The van der Waals surface area contributed by atoms with Crippen molar-refractivity contribution in [2.24, 2.45) is 7.05 Å². The number of hydrogen-bond acceptors (Lipinski definition) is 6. The molecule has 0 saturated carbocycles. The SMILES string of the molecule is Cc1ccc(C(=O)N(C)CCc2cc(Br)c(OCCCNc3ncnc4c3ncn4C)c(Br)c2)cc1. The van der Waals surface area contributed by atoms with Crippen molar-refractivity contribution in [3.05, 3.63) is 74.7 Å². The number of rotatable bonds is 10. The standard InChI is InChI=1S/C26H28Br2N6O2/c1-17-5-7-19(8-6-17)26(35)33(2)11-9-18-13-20(27)23(21(28)14-18)36-12-4-10-29-24-22-25(31-15-30-24)34(3)16-32-22/h5-8,13-16H,4,9-12H2,1-3H3,(H,29,30,31). The molecule has 2 aromatic carbocycles. The quantitative estimate of drug-likeness (QED) is 0.241. The number of anilines is 1. The lowest BCUT2D eigenvalue weighted by Gasteiger charge is -2.18. The first kappa shape index (κ1) is 26.1. The van der Waals surface area contributed by atoms with Gasteiger partial charge in [-0.15, -0.1) is 0 Å². The fourth-order valence-electron chi connectivity index (χ4n) is 3.74. The van der Waals surface area contributed by atoms with Crippen molar-refractivity contribution < 1.29 is 9.53 Å². The summed E-state index contributed by atoms with van der Waals surface area (Å²) in [5, 5.41) is 3.31. The number of benzene rings is 2. The number of hydrogen-bond donors (Lipinski definition) is 1. The summed E-state index contributed by atoms with van der Waals surface area (Å²) < 4.78 is 9.64. The number of carbonyl (C=O) groups excluding carboxylic acids is 1. The van der Waals surface area contributed by atoms with Crippen LogP contribution in [0.3, 0.4) is 0 Å². The lowest BCUT2D eigenvalue weighted by atomic mass is 10.1. The number of likely N-dealkylation sites (N-methyl/N-ethyl adjacent to an activating group) is 1. The summed E-state index contributed by atoms with van der Waals surface area (Å²) in [6.07, 6.45) is 4.78. The van der Waals surface area contributed by atoms with Crippen molar-refractivity contribution in [1.29, 1.82) is 0 Å². The smallest absolute Gasteiger partial charge is 0.253 e. The molecular formula is C26H28Br2N6O2. The predicted octanol–water partition coefficient (Wildman–Crippen LogP) is 5.39. The van der Waals surface area contributed by atoms with Crippen LogP contribution in [0, 0.1) is 6.92 Å². The van der Waals surface area contributed by atoms with Gasteiger partial charge in [-0.3, -0.25) is 4.79 Å². The summed E-state index contributed by atoms with van der Waals surface area (Å²) in [5.74, 6) is 1.50. The van der Waals surface area contributed by atoms with E-state index in [1.54, 1.807) is 11.2 Å². The molecule has 0 fully saturated rings. The topological polar surface area (TPSA) is 85.2 Å². The van der Waals surface area contributed by atoms with Gasteiger partial charge in [0.1, 0.15) is 17.6 Å². The number of carbonyl (C=O) groups is 1. The zero-order valence-corrected chi connectivity index (χ0v) is 23.6. The fraction of sp³-hybridized carbons (Fsp3) is 0.308. The van der Waals surface area contributed by atoms with Crippen LogP contribution in [0.4, 0.5) is 5.82 Å². The molecule has 8 nitrogen and oxygen atoms in total. The summed E-state index contributed by atoms with van der Waals surface area (Å²) in [6, 6.07) is 11.7. The van der Waals surface area contributed by atoms with Crippen LogP contribution in [0.2, 0.25) is 0 Å². The monoisotopic (exact) mass is 614 g/mol. The van der Waals surface area contributed by atoms with Gasteiger partial charge in [0.15, 0.2) is 11.5 Å². The first-order chi connectivity index (χ1) is 17.3. The lowest BCUT2D eigenvalue weighted by Crippen LogP contribution is -2.28. The van der Waals surface area contributed by atoms with E-state index < -0.39 is 0 Å². The highest BCUT2D eigenvalue weighted by Crippen LogP contribution is 2.35. The first-order valence-electron chi connectivity index (χ1n) is 11.6. The molecule has 1 amide bonds. The largest absolute Gasteiger partial charge is 0.491 e. The van der Waals surface area contributed by atoms with E-state index in [0.29, 0.717) is 25.3 Å². The Morgan fingerprint density at radius 1 is 1.11 bits per heavy atom. The van der Waals surface area contributed by atoms with E-state index in [-0.39, 0.29) is 5.91 Å². The van der Waals surface area contributed by atoms with Crippen LogP contribution in [-0.2, 0) is 13.5 Å². The molecule has 0 spiro atoms. The third kappa shape index (κ3) is 6.22. The normalized spacial score (nSPS) is 11.0. The van der Waals surface area contributed by atoms with E-state index in [9.17, 15) is 4.79 Å². The molecule has 4 rings (SSSR count). The van der Waals surface area contributed by atoms with Crippen LogP contribution < -0.4 is 10.1 Å². The average molecular weight is 616 g/mol. The Morgan fingerprint density at radius 3 is 2.56 bits per heavy atom. The highest BCUT2D eigenvalue weighted by Gasteiger charge is 2.14. The number of halogens is 2. The number of nitrogens with zero attached hydrogens (tertiary/aromatic N) is 5. The minimum atomic E-state index is 0.0208. The van der Waals surface area contributed by atoms with E-state index in [0.717, 1.165) is 55.6 Å². The molecule has 0 aliphatic carbocycles. The van der Waals surface area contributed by atoms with Crippen molar-refractivity contribution in [3.63, 3.8) is 0 Å². The minimum absolute atomic E-state index is 0.0208. The summed E-state index contributed by atoms with van der Waals surface area (Å²) in [7, 11) is 3.74. The number of aromatic nitrogens is 4. The van der Waals surface area contributed by atoms with Gasteiger partial charge in [-0.25, -0.2) is 15.0 Å². The van der Waals surface area contributed by atoms with Gasteiger partial charge < -0.3 is 19.5 Å². The Hall–Kier alpha value is -2.98. The molecular weight excluding hydrogens is 588 g/mol. The number of nitrogens with one attached hydrogen (secondary N) is 1. The third-order valence-electron chi connectivity index (χ3n) is 5.80. The number of fused-ring (bicyclic) bond motifs is 1. The maximum absolute atomic E-state index is 12.7. The van der Waals surface area contributed by atoms with Crippen molar-refractivity contribution in [1.82, 2.24) is 24.4 Å². The molecule has 0 radical (unpaired) electrons. The van der Waals surface area contributed by atoms with Crippen LogP contribution in [0.15, 0.2) is 58.0 Å². The van der Waals surface area contributed by atoms with Gasteiger partial charge >= 0.3 is 0 Å². The van der Waals surface area contributed by atoms with Crippen LogP contribution >= 0.6 is 31.9 Å². The van der Waals surface area contributed by atoms with Crippen molar-refractivity contribution in [2.75, 3.05) is 32.1 Å². The van der Waals surface area contributed by atoms with Gasteiger partial charge in [0, 0.05) is 32.7 Å². The fourth-order valence-corrected chi connectivity index (χ4v) is 5.25. The molecule has 0 atom stereocenters. The van der Waals surface area contributed by atoms with Crippen LogP contribution in [0.25, 0.3) is 11.2 Å². The molecule has 10 heteroatoms. The van der Waals surface area contributed by atoms with Crippen molar-refractivity contribution in [3.8, 4) is 5.75 Å². The Bertz CT molecular complexity index is 1330. The Morgan fingerprint density at radius 2 is 1.83 bits per heavy atom. The lowest BCUT2D eigenvalue weighted by molar-refractivity contribution is 0.0796. The molecule has 188 valence electrons. The average Bonchev–Trinajstić information content (AvgIpc) is 3.25. The molecule has 4 aromatic rings. The van der Waals surface area contributed by atoms with Crippen LogP contribution in [0.1, 0.15) is 27.9 Å². The summed E-state index contributed by atoms with van der Waals surface area (Å²) >= 11 is 7.27. The first-order valence-corrected chi connectivity index (χ1v) is 13.2. The summed E-state index contributed by atoms with van der Waals surface area (Å²) in [5.41, 5.74) is 4.50. The minimum Gasteiger partial charge on any atom is -0.491 e. The van der Waals surface area contributed by atoms with Gasteiger partial charge in [-0.2, -0.15) is 0 Å².